The van der Waals surface area contributed by atoms with Crippen LogP contribution in [-0.4, -0.2) is 28.8 Å². The number of likely N-dealkylation sites (tertiary alicyclic amines) is 1. The normalized spacial score (nSPS) is 17.5. The average molecular weight is 484 g/mol. The summed E-state index contributed by atoms with van der Waals surface area (Å²) >= 11 is 0. The van der Waals surface area contributed by atoms with Gasteiger partial charge in [-0.15, -0.1) is 0 Å². The number of methoxy groups -OCH3 is 1. The fraction of sp³-hybridized carbons (Fsp3) is 0.290. The fourth-order valence-electron chi connectivity index (χ4n) is 4.58. The Morgan fingerprint density at radius 2 is 1.61 bits per heavy atom. The highest BCUT2D eigenvalue weighted by molar-refractivity contribution is 6.46. The van der Waals surface area contributed by atoms with Crippen LogP contribution < -0.4 is 4.74 Å². The first-order valence-electron chi connectivity index (χ1n) is 12.2. The number of carbonyl (C=O) groups is 2. The zero-order chi connectivity index (χ0) is 26.0. The van der Waals surface area contributed by atoms with Gasteiger partial charge in [-0.3, -0.25) is 9.59 Å². The van der Waals surface area contributed by atoms with Gasteiger partial charge < -0.3 is 14.7 Å². The lowest BCUT2D eigenvalue weighted by Gasteiger charge is -2.27. The molecule has 36 heavy (non-hydrogen) atoms. The zero-order valence-electron chi connectivity index (χ0n) is 21.5. The van der Waals surface area contributed by atoms with Gasteiger partial charge in [-0.1, -0.05) is 88.4 Å². The Bertz CT molecular complexity index is 1300. The topological polar surface area (TPSA) is 66.8 Å². The molecule has 1 aliphatic heterocycles. The van der Waals surface area contributed by atoms with Gasteiger partial charge in [-0.05, 0) is 46.2 Å². The molecule has 1 unspecified atom stereocenters. The van der Waals surface area contributed by atoms with Gasteiger partial charge in [0, 0.05) is 12.1 Å². The summed E-state index contributed by atoms with van der Waals surface area (Å²) in [5.74, 6) is -0.797. The Labute approximate surface area is 213 Å². The molecular formula is C31H33NO4. The minimum atomic E-state index is -0.712. The number of rotatable bonds is 6. The lowest BCUT2D eigenvalue weighted by molar-refractivity contribution is -0.140. The number of aliphatic hydroxyl groups is 1. The van der Waals surface area contributed by atoms with E-state index in [4.69, 9.17) is 4.74 Å². The molecule has 4 rings (SSSR count). The number of amides is 1. The highest BCUT2D eigenvalue weighted by atomic mass is 16.5. The molecule has 0 spiro atoms. The SMILES string of the molecule is CCc1ccc(/C(O)=C2/C(=O)C(=O)N(Cc3cccc(OC)c3)C2c2ccc(C(C)(C)C)cc2)cc1. The van der Waals surface area contributed by atoms with Crippen molar-refractivity contribution in [2.75, 3.05) is 7.11 Å². The molecule has 0 radical (unpaired) electrons. The van der Waals surface area contributed by atoms with Gasteiger partial charge in [-0.2, -0.15) is 0 Å². The van der Waals surface area contributed by atoms with Crippen molar-refractivity contribution in [3.05, 3.63) is 106 Å². The van der Waals surface area contributed by atoms with Crippen LogP contribution in [0.15, 0.2) is 78.4 Å². The van der Waals surface area contributed by atoms with E-state index in [0.29, 0.717) is 11.3 Å². The van der Waals surface area contributed by atoms with Crippen LogP contribution in [0.25, 0.3) is 5.76 Å². The summed E-state index contributed by atoms with van der Waals surface area (Å²) in [6, 6.07) is 22.1. The largest absolute Gasteiger partial charge is 0.507 e. The second-order valence-corrected chi connectivity index (χ2v) is 10.2. The number of benzene rings is 3. The van der Waals surface area contributed by atoms with E-state index >= 15 is 0 Å². The standard InChI is InChI=1S/C31H33NO4/c1-6-20-10-12-23(13-11-20)28(33)26-27(22-14-16-24(17-15-22)31(2,3)4)32(30(35)29(26)34)19-21-8-7-9-25(18-21)36-5/h7-18,27,33H,6,19H2,1-5H3/b28-26-. The molecule has 1 heterocycles. The lowest BCUT2D eigenvalue weighted by atomic mass is 9.85. The number of ketones is 1. The maximum Gasteiger partial charge on any atom is 0.295 e. The predicted octanol–water partition coefficient (Wildman–Crippen LogP) is 6.18. The molecular weight excluding hydrogens is 450 g/mol. The van der Waals surface area contributed by atoms with Crippen molar-refractivity contribution in [2.24, 2.45) is 0 Å². The minimum Gasteiger partial charge on any atom is -0.507 e. The molecule has 0 aliphatic carbocycles. The Hall–Kier alpha value is -3.86. The molecule has 0 aromatic heterocycles. The van der Waals surface area contributed by atoms with Gasteiger partial charge in [0.25, 0.3) is 11.7 Å². The van der Waals surface area contributed by atoms with E-state index in [-0.39, 0.29) is 23.3 Å². The van der Waals surface area contributed by atoms with Gasteiger partial charge >= 0.3 is 0 Å². The molecule has 0 bridgehead atoms. The molecule has 1 aliphatic rings. The highest BCUT2D eigenvalue weighted by Crippen LogP contribution is 2.41. The van der Waals surface area contributed by atoms with Crippen LogP contribution in [0.5, 0.6) is 5.75 Å². The van der Waals surface area contributed by atoms with Crippen LogP contribution >= 0.6 is 0 Å². The lowest BCUT2D eigenvalue weighted by Crippen LogP contribution is -2.29. The minimum absolute atomic E-state index is 0.0397. The van der Waals surface area contributed by atoms with E-state index in [2.05, 4.69) is 27.7 Å². The number of hydrogen-bond acceptors (Lipinski definition) is 4. The van der Waals surface area contributed by atoms with Crippen LogP contribution in [0, 0.1) is 0 Å². The first-order valence-corrected chi connectivity index (χ1v) is 12.2. The number of nitrogens with zero attached hydrogens (tertiary/aromatic N) is 1. The summed E-state index contributed by atoms with van der Waals surface area (Å²) in [4.78, 5) is 28.2. The van der Waals surface area contributed by atoms with Gasteiger partial charge in [0.2, 0.25) is 0 Å². The molecule has 186 valence electrons. The Morgan fingerprint density at radius 1 is 0.944 bits per heavy atom. The first kappa shape index (κ1) is 25.2. The van der Waals surface area contributed by atoms with Crippen molar-refractivity contribution in [3.63, 3.8) is 0 Å². The third-order valence-corrected chi connectivity index (χ3v) is 6.76. The number of carbonyl (C=O) groups excluding carboxylic acids is 2. The van der Waals surface area contributed by atoms with Crippen LogP contribution in [0.4, 0.5) is 0 Å². The number of Topliss-reactive ketones (excluding diaryl/α,β-unsaturated/α-hetero) is 1. The molecule has 1 atom stereocenters. The average Bonchev–Trinajstić information content (AvgIpc) is 3.13. The number of aryl methyl sites for hydroxylation is 1. The summed E-state index contributed by atoms with van der Waals surface area (Å²) in [6.45, 7) is 8.67. The van der Waals surface area contributed by atoms with Crippen molar-refractivity contribution < 1.29 is 19.4 Å². The summed E-state index contributed by atoms with van der Waals surface area (Å²) in [5, 5.41) is 11.3. The van der Waals surface area contributed by atoms with E-state index in [9.17, 15) is 14.7 Å². The van der Waals surface area contributed by atoms with Gasteiger partial charge in [0.05, 0.1) is 18.7 Å². The molecule has 5 heteroatoms. The van der Waals surface area contributed by atoms with Crippen LogP contribution in [0.3, 0.4) is 0 Å². The van der Waals surface area contributed by atoms with E-state index in [1.165, 1.54) is 4.90 Å². The van der Waals surface area contributed by atoms with E-state index < -0.39 is 17.7 Å². The molecule has 3 aromatic rings. The number of hydrogen-bond donors (Lipinski definition) is 1. The summed E-state index contributed by atoms with van der Waals surface area (Å²) < 4.78 is 5.34. The smallest absolute Gasteiger partial charge is 0.295 e. The maximum absolute atomic E-state index is 13.3. The molecule has 3 aromatic carbocycles. The van der Waals surface area contributed by atoms with Crippen LogP contribution in [-0.2, 0) is 28.0 Å². The van der Waals surface area contributed by atoms with Crippen molar-refractivity contribution in [1.82, 2.24) is 4.90 Å². The molecule has 1 amide bonds. The second kappa shape index (κ2) is 10.0. The van der Waals surface area contributed by atoms with Gasteiger partial charge in [-0.25, -0.2) is 0 Å². The Morgan fingerprint density at radius 3 is 2.19 bits per heavy atom. The Balaban J connectivity index is 1.84. The van der Waals surface area contributed by atoms with Crippen LogP contribution in [0.1, 0.15) is 61.6 Å². The molecule has 1 N–H and O–H groups in total. The summed E-state index contributed by atoms with van der Waals surface area (Å²) in [5.41, 5.74) is 4.46. The van der Waals surface area contributed by atoms with Crippen molar-refractivity contribution in [1.29, 1.82) is 0 Å². The molecule has 5 nitrogen and oxygen atoms in total. The van der Waals surface area contributed by atoms with E-state index in [0.717, 1.165) is 28.7 Å². The number of ether oxygens (including phenoxy) is 1. The monoisotopic (exact) mass is 483 g/mol. The van der Waals surface area contributed by atoms with Gasteiger partial charge in [0.15, 0.2) is 0 Å². The third-order valence-electron chi connectivity index (χ3n) is 6.76. The van der Waals surface area contributed by atoms with Crippen molar-refractivity contribution in [3.8, 4) is 5.75 Å². The number of aliphatic hydroxyl groups excluding tert-OH is 1. The highest BCUT2D eigenvalue weighted by Gasteiger charge is 2.46. The van der Waals surface area contributed by atoms with Crippen molar-refractivity contribution in [2.45, 2.75) is 52.1 Å². The van der Waals surface area contributed by atoms with Crippen LogP contribution in [0.2, 0.25) is 0 Å². The Kier molecular flexibility index (Phi) is 7.02. The maximum atomic E-state index is 13.3. The quantitative estimate of drug-likeness (QED) is 0.258. The first-order chi connectivity index (χ1) is 17.1. The summed E-state index contributed by atoms with van der Waals surface area (Å²) in [6.07, 6.45) is 0.867. The zero-order valence-corrected chi connectivity index (χ0v) is 21.5. The van der Waals surface area contributed by atoms with E-state index in [1.807, 2.05) is 60.7 Å². The molecule has 1 saturated heterocycles. The van der Waals surface area contributed by atoms with Crippen molar-refractivity contribution >= 4 is 17.4 Å². The predicted molar refractivity (Wildman–Crippen MR) is 142 cm³/mol. The van der Waals surface area contributed by atoms with E-state index in [1.54, 1.807) is 19.2 Å². The molecule has 1 fully saturated rings. The fourth-order valence-corrected chi connectivity index (χ4v) is 4.58. The molecule has 0 saturated carbocycles. The third kappa shape index (κ3) is 4.92. The second-order valence-electron chi connectivity index (χ2n) is 10.2. The summed E-state index contributed by atoms with van der Waals surface area (Å²) in [7, 11) is 1.59. The van der Waals surface area contributed by atoms with Gasteiger partial charge in [0.1, 0.15) is 11.5 Å².